The lowest BCUT2D eigenvalue weighted by Gasteiger charge is -2.05. The zero-order chi connectivity index (χ0) is 14.5. The van der Waals surface area contributed by atoms with Crippen LogP contribution < -0.4 is 0 Å². The third kappa shape index (κ3) is 4.09. The second kappa shape index (κ2) is 6.91. The molecule has 104 valence electrons. The SMILES string of the molecule is Cc1ccc(CC(=O)CSc2ccccc2F)c(Cl)c1. The number of rotatable bonds is 5. The Morgan fingerprint density at radius 2 is 2.00 bits per heavy atom. The van der Waals surface area contributed by atoms with E-state index in [0.717, 1.165) is 11.1 Å². The van der Waals surface area contributed by atoms with E-state index in [1.54, 1.807) is 18.2 Å². The van der Waals surface area contributed by atoms with Crippen molar-refractivity contribution in [1.29, 1.82) is 0 Å². The van der Waals surface area contributed by atoms with Crippen LogP contribution in [0.3, 0.4) is 0 Å². The van der Waals surface area contributed by atoms with Crippen LogP contribution in [-0.4, -0.2) is 11.5 Å². The number of ketones is 1. The van der Waals surface area contributed by atoms with E-state index in [4.69, 9.17) is 11.6 Å². The van der Waals surface area contributed by atoms with Crippen LogP contribution in [-0.2, 0) is 11.2 Å². The molecule has 0 aliphatic rings. The fourth-order valence-electron chi connectivity index (χ4n) is 1.78. The van der Waals surface area contributed by atoms with Gasteiger partial charge in [0.05, 0.1) is 5.75 Å². The third-order valence-electron chi connectivity index (χ3n) is 2.82. The van der Waals surface area contributed by atoms with Gasteiger partial charge < -0.3 is 0 Å². The Morgan fingerprint density at radius 1 is 1.25 bits per heavy atom. The average molecular weight is 309 g/mol. The van der Waals surface area contributed by atoms with Gasteiger partial charge in [0.25, 0.3) is 0 Å². The summed E-state index contributed by atoms with van der Waals surface area (Å²) in [6, 6.07) is 12.1. The first-order valence-corrected chi connectivity index (χ1v) is 7.56. The lowest BCUT2D eigenvalue weighted by Crippen LogP contribution is -2.06. The van der Waals surface area contributed by atoms with Crippen molar-refractivity contribution in [2.75, 3.05) is 5.75 Å². The number of carbonyl (C=O) groups is 1. The van der Waals surface area contributed by atoms with Crippen LogP contribution in [0.2, 0.25) is 5.02 Å². The van der Waals surface area contributed by atoms with E-state index in [2.05, 4.69) is 0 Å². The molecule has 0 aliphatic carbocycles. The second-order valence-corrected chi connectivity index (χ2v) is 5.95. The summed E-state index contributed by atoms with van der Waals surface area (Å²) in [5, 5.41) is 0.606. The molecule has 0 N–H and O–H groups in total. The molecule has 1 nitrogen and oxygen atoms in total. The van der Waals surface area contributed by atoms with Crippen LogP contribution in [0.5, 0.6) is 0 Å². The van der Waals surface area contributed by atoms with Crippen LogP contribution in [0.4, 0.5) is 4.39 Å². The van der Waals surface area contributed by atoms with Gasteiger partial charge in [0, 0.05) is 16.3 Å². The highest BCUT2D eigenvalue weighted by Crippen LogP contribution is 2.23. The van der Waals surface area contributed by atoms with Crippen LogP contribution in [0.1, 0.15) is 11.1 Å². The number of thioether (sulfide) groups is 1. The molecule has 2 rings (SSSR count). The first-order chi connectivity index (χ1) is 9.56. The van der Waals surface area contributed by atoms with Crippen molar-refractivity contribution in [3.63, 3.8) is 0 Å². The summed E-state index contributed by atoms with van der Waals surface area (Å²) < 4.78 is 13.4. The molecule has 0 saturated carbocycles. The van der Waals surface area contributed by atoms with Crippen molar-refractivity contribution in [2.45, 2.75) is 18.2 Å². The molecule has 2 aromatic rings. The number of hydrogen-bond donors (Lipinski definition) is 0. The predicted octanol–water partition coefficient (Wildman–Crippen LogP) is 4.69. The lowest BCUT2D eigenvalue weighted by atomic mass is 10.1. The maximum absolute atomic E-state index is 13.4. The summed E-state index contributed by atoms with van der Waals surface area (Å²) in [6.07, 6.45) is 0.278. The topological polar surface area (TPSA) is 17.1 Å². The van der Waals surface area contributed by atoms with E-state index in [1.807, 2.05) is 25.1 Å². The molecule has 0 amide bonds. The molecule has 0 fully saturated rings. The normalized spacial score (nSPS) is 10.6. The summed E-state index contributed by atoms with van der Waals surface area (Å²) in [5.74, 6) is -0.0202. The smallest absolute Gasteiger partial charge is 0.147 e. The maximum atomic E-state index is 13.4. The lowest BCUT2D eigenvalue weighted by molar-refractivity contribution is -0.116. The summed E-state index contributed by atoms with van der Waals surface area (Å²) in [7, 11) is 0. The molecule has 20 heavy (non-hydrogen) atoms. The standard InChI is InChI=1S/C16H14ClFOS/c1-11-6-7-12(14(17)8-11)9-13(19)10-20-16-5-3-2-4-15(16)18/h2-8H,9-10H2,1H3. The van der Waals surface area contributed by atoms with E-state index in [0.29, 0.717) is 9.92 Å². The molecule has 0 atom stereocenters. The van der Waals surface area contributed by atoms with Crippen molar-refractivity contribution in [2.24, 2.45) is 0 Å². The Labute approximate surface area is 127 Å². The molecule has 4 heteroatoms. The zero-order valence-corrected chi connectivity index (χ0v) is 12.6. The molecule has 0 bridgehead atoms. The van der Waals surface area contributed by atoms with Gasteiger partial charge in [0.15, 0.2) is 0 Å². The highest BCUT2D eigenvalue weighted by Gasteiger charge is 2.09. The van der Waals surface area contributed by atoms with Crippen LogP contribution in [0.25, 0.3) is 0 Å². The zero-order valence-electron chi connectivity index (χ0n) is 11.0. The number of carbonyl (C=O) groups excluding carboxylic acids is 1. The molecule has 0 heterocycles. The van der Waals surface area contributed by atoms with Gasteiger partial charge in [-0.3, -0.25) is 4.79 Å². The maximum Gasteiger partial charge on any atom is 0.147 e. The van der Waals surface area contributed by atoms with Gasteiger partial charge in [-0.15, -0.1) is 11.8 Å². The van der Waals surface area contributed by atoms with Crippen LogP contribution in [0.15, 0.2) is 47.4 Å². The Hall–Kier alpha value is -1.32. The second-order valence-electron chi connectivity index (χ2n) is 4.53. The minimum atomic E-state index is -0.293. The molecular formula is C16H14ClFOS. The van der Waals surface area contributed by atoms with Crippen LogP contribution in [0, 0.1) is 12.7 Å². The Bertz CT molecular complexity index is 628. The molecule has 0 spiro atoms. The van der Waals surface area contributed by atoms with E-state index in [9.17, 15) is 9.18 Å². The van der Waals surface area contributed by atoms with Crippen molar-refractivity contribution < 1.29 is 9.18 Å². The molecule has 0 unspecified atom stereocenters. The largest absolute Gasteiger partial charge is 0.298 e. The molecule has 2 aromatic carbocycles. The third-order valence-corrected chi connectivity index (χ3v) is 4.28. The van der Waals surface area contributed by atoms with Gasteiger partial charge in [0.1, 0.15) is 11.6 Å². The fraction of sp³-hybridized carbons (Fsp3) is 0.188. The minimum Gasteiger partial charge on any atom is -0.298 e. The number of hydrogen-bond acceptors (Lipinski definition) is 2. The Morgan fingerprint density at radius 3 is 2.70 bits per heavy atom. The Kier molecular flexibility index (Phi) is 5.21. The van der Waals surface area contributed by atoms with E-state index >= 15 is 0 Å². The van der Waals surface area contributed by atoms with Crippen molar-refractivity contribution >= 4 is 29.1 Å². The quantitative estimate of drug-likeness (QED) is 0.745. The molecule has 0 aliphatic heterocycles. The molecular weight excluding hydrogens is 295 g/mol. The van der Waals surface area contributed by atoms with Crippen molar-refractivity contribution in [1.82, 2.24) is 0 Å². The summed E-state index contributed by atoms with van der Waals surface area (Å²) in [4.78, 5) is 12.4. The van der Waals surface area contributed by atoms with Crippen molar-refractivity contribution in [3.8, 4) is 0 Å². The van der Waals surface area contributed by atoms with Gasteiger partial charge >= 0.3 is 0 Å². The predicted molar refractivity (Wildman–Crippen MR) is 82.0 cm³/mol. The average Bonchev–Trinajstić information content (AvgIpc) is 2.41. The summed E-state index contributed by atoms with van der Waals surface area (Å²) in [5.41, 5.74) is 1.88. The molecule has 0 saturated heterocycles. The highest BCUT2D eigenvalue weighted by molar-refractivity contribution is 8.00. The Balaban J connectivity index is 1.94. The molecule has 0 radical (unpaired) electrons. The number of aryl methyl sites for hydroxylation is 1. The number of Topliss-reactive ketones (excluding diaryl/α,β-unsaturated/α-hetero) is 1. The summed E-state index contributed by atoms with van der Waals surface area (Å²) >= 11 is 7.31. The monoisotopic (exact) mass is 308 g/mol. The minimum absolute atomic E-state index is 0.0315. The van der Waals surface area contributed by atoms with Gasteiger partial charge in [-0.25, -0.2) is 4.39 Å². The van der Waals surface area contributed by atoms with Gasteiger partial charge in [-0.1, -0.05) is 35.9 Å². The van der Waals surface area contributed by atoms with E-state index in [1.165, 1.54) is 17.8 Å². The van der Waals surface area contributed by atoms with Gasteiger partial charge in [-0.05, 0) is 36.2 Å². The van der Waals surface area contributed by atoms with E-state index < -0.39 is 0 Å². The van der Waals surface area contributed by atoms with Crippen molar-refractivity contribution in [3.05, 3.63) is 64.4 Å². The van der Waals surface area contributed by atoms with Crippen LogP contribution >= 0.6 is 23.4 Å². The van der Waals surface area contributed by atoms with Gasteiger partial charge in [0.2, 0.25) is 0 Å². The van der Waals surface area contributed by atoms with Gasteiger partial charge in [-0.2, -0.15) is 0 Å². The fourth-order valence-corrected chi connectivity index (χ4v) is 2.88. The van der Waals surface area contributed by atoms with E-state index in [-0.39, 0.29) is 23.8 Å². The number of halogens is 2. The summed E-state index contributed by atoms with van der Waals surface area (Å²) in [6.45, 7) is 1.95. The molecule has 0 aromatic heterocycles. The number of benzene rings is 2. The first-order valence-electron chi connectivity index (χ1n) is 6.20. The highest BCUT2D eigenvalue weighted by atomic mass is 35.5. The first kappa shape index (κ1) is 15.1.